The number of nitrogens with one attached hydrogen (secondary N) is 1. The van der Waals surface area contributed by atoms with E-state index in [0.717, 1.165) is 23.9 Å². The molecule has 3 rings (SSSR count). The van der Waals surface area contributed by atoms with Crippen LogP contribution in [0.2, 0.25) is 0 Å². The van der Waals surface area contributed by atoms with E-state index in [-0.39, 0.29) is 0 Å². The first kappa shape index (κ1) is 12.9. The van der Waals surface area contributed by atoms with Gasteiger partial charge in [-0.1, -0.05) is 26.2 Å². The van der Waals surface area contributed by atoms with E-state index in [1.165, 1.54) is 71.0 Å². The number of rotatable bonds is 5. The predicted octanol–water partition coefficient (Wildman–Crippen LogP) is 3.03. The van der Waals surface area contributed by atoms with Gasteiger partial charge in [-0.3, -0.25) is 4.90 Å². The Labute approximate surface area is 113 Å². The van der Waals surface area contributed by atoms with Crippen LogP contribution in [-0.2, 0) is 0 Å². The van der Waals surface area contributed by atoms with Crippen LogP contribution in [0.15, 0.2) is 0 Å². The average Bonchev–Trinajstić information content (AvgIpc) is 3.16. The molecule has 104 valence electrons. The van der Waals surface area contributed by atoms with Crippen molar-refractivity contribution in [1.29, 1.82) is 0 Å². The average molecular weight is 250 g/mol. The van der Waals surface area contributed by atoms with Crippen LogP contribution >= 0.6 is 0 Å². The minimum absolute atomic E-state index is 0.800. The fourth-order valence-corrected chi connectivity index (χ4v) is 3.90. The highest BCUT2D eigenvalue weighted by Gasteiger charge is 2.34. The van der Waals surface area contributed by atoms with E-state index in [2.05, 4.69) is 17.1 Å². The van der Waals surface area contributed by atoms with Gasteiger partial charge in [0.1, 0.15) is 0 Å². The zero-order valence-corrected chi connectivity index (χ0v) is 12.0. The molecule has 3 aliphatic rings. The monoisotopic (exact) mass is 250 g/mol. The molecule has 1 atom stereocenters. The van der Waals surface area contributed by atoms with E-state index in [4.69, 9.17) is 0 Å². The molecule has 1 heterocycles. The van der Waals surface area contributed by atoms with Gasteiger partial charge in [-0.15, -0.1) is 0 Å². The molecule has 0 aromatic carbocycles. The van der Waals surface area contributed by atoms with Crippen molar-refractivity contribution in [3.63, 3.8) is 0 Å². The summed E-state index contributed by atoms with van der Waals surface area (Å²) in [5.41, 5.74) is 0. The molecule has 1 saturated heterocycles. The summed E-state index contributed by atoms with van der Waals surface area (Å²) in [5, 5.41) is 3.86. The van der Waals surface area contributed by atoms with E-state index in [1.54, 1.807) is 0 Å². The third kappa shape index (κ3) is 3.27. The molecule has 2 saturated carbocycles. The smallest absolute Gasteiger partial charge is 0.0207 e. The highest BCUT2D eigenvalue weighted by molar-refractivity contribution is 4.92. The molecule has 2 heteroatoms. The molecule has 0 aromatic rings. The Hall–Kier alpha value is -0.0800. The Morgan fingerprint density at radius 2 is 1.67 bits per heavy atom. The van der Waals surface area contributed by atoms with E-state index < -0.39 is 0 Å². The van der Waals surface area contributed by atoms with Crippen LogP contribution in [0.5, 0.6) is 0 Å². The second-order valence-corrected chi connectivity index (χ2v) is 6.91. The molecule has 0 bridgehead atoms. The molecule has 0 spiro atoms. The lowest BCUT2D eigenvalue weighted by molar-refractivity contribution is 0.254. The van der Waals surface area contributed by atoms with Gasteiger partial charge in [0.05, 0.1) is 0 Å². The first-order chi connectivity index (χ1) is 8.85. The standard InChI is InChI=1S/C16H30N2/c1-2-13-3-5-14(6-4-13)11-17-15-9-10-18(12-15)16-7-8-16/h13-17H,2-12H2,1H3. The number of hydrogen-bond acceptors (Lipinski definition) is 2. The molecule has 18 heavy (non-hydrogen) atoms. The molecule has 3 fully saturated rings. The second-order valence-electron chi connectivity index (χ2n) is 6.91. The third-order valence-electron chi connectivity index (χ3n) is 5.52. The minimum Gasteiger partial charge on any atom is -0.312 e. The normalized spacial score (nSPS) is 38.2. The lowest BCUT2D eigenvalue weighted by atomic mass is 9.81. The molecule has 1 aliphatic heterocycles. The maximum absolute atomic E-state index is 3.86. The van der Waals surface area contributed by atoms with E-state index >= 15 is 0 Å². The molecule has 1 N–H and O–H groups in total. The highest BCUT2D eigenvalue weighted by atomic mass is 15.2. The molecule has 2 aliphatic carbocycles. The van der Waals surface area contributed by atoms with Crippen LogP contribution in [0.4, 0.5) is 0 Å². The Kier molecular flexibility index (Phi) is 4.25. The van der Waals surface area contributed by atoms with Crippen molar-refractivity contribution in [2.75, 3.05) is 19.6 Å². The first-order valence-corrected chi connectivity index (χ1v) is 8.32. The Morgan fingerprint density at radius 1 is 0.944 bits per heavy atom. The molecular formula is C16H30N2. The zero-order valence-electron chi connectivity index (χ0n) is 12.0. The summed E-state index contributed by atoms with van der Waals surface area (Å²) in [4.78, 5) is 2.71. The van der Waals surface area contributed by atoms with E-state index in [0.29, 0.717) is 0 Å². The van der Waals surface area contributed by atoms with Crippen molar-refractivity contribution in [2.45, 2.75) is 70.4 Å². The van der Waals surface area contributed by atoms with Crippen LogP contribution in [0.3, 0.4) is 0 Å². The van der Waals surface area contributed by atoms with Gasteiger partial charge in [-0.25, -0.2) is 0 Å². The summed E-state index contributed by atoms with van der Waals surface area (Å²) in [7, 11) is 0. The summed E-state index contributed by atoms with van der Waals surface area (Å²) in [6.45, 7) is 6.33. The lowest BCUT2D eigenvalue weighted by Gasteiger charge is -2.29. The Bertz CT molecular complexity index is 254. The zero-order chi connectivity index (χ0) is 12.4. The van der Waals surface area contributed by atoms with Crippen LogP contribution in [-0.4, -0.2) is 36.6 Å². The van der Waals surface area contributed by atoms with E-state index in [1.807, 2.05) is 0 Å². The van der Waals surface area contributed by atoms with Gasteiger partial charge in [0.15, 0.2) is 0 Å². The SMILES string of the molecule is CCC1CCC(CNC2CCN(C3CC3)C2)CC1. The fraction of sp³-hybridized carbons (Fsp3) is 1.00. The van der Waals surface area contributed by atoms with Crippen LogP contribution in [0, 0.1) is 11.8 Å². The maximum Gasteiger partial charge on any atom is 0.0207 e. The van der Waals surface area contributed by atoms with Crippen molar-refractivity contribution in [3.05, 3.63) is 0 Å². The second kappa shape index (κ2) is 5.92. The maximum atomic E-state index is 3.86. The van der Waals surface area contributed by atoms with Gasteiger partial charge in [0, 0.05) is 25.2 Å². The van der Waals surface area contributed by atoms with Crippen molar-refractivity contribution >= 4 is 0 Å². The number of likely N-dealkylation sites (tertiary alicyclic amines) is 1. The Morgan fingerprint density at radius 3 is 2.33 bits per heavy atom. The summed E-state index contributed by atoms with van der Waals surface area (Å²) < 4.78 is 0. The van der Waals surface area contributed by atoms with Gasteiger partial charge >= 0.3 is 0 Å². The van der Waals surface area contributed by atoms with Gasteiger partial charge in [-0.05, 0) is 50.5 Å². The van der Waals surface area contributed by atoms with Crippen molar-refractivity contribution in [1.82, 2.24) is 10.2 Å². The third-order valence-corrected chi connectivity index (χ3v) is 5.52. The molecular weight excluding hydrogens is 220 g/mol. The van der Waals surface area contributed by atoms with Gasteiger partial charge in [-0.2, -0.15) is 0 Å². The van der Waals surface area contributed by atoms with Crippen LogP contribution < -0.4 is 5.32 Å². The topological polar surface area (TPSA) is 15.3 Å². The summed E-state index contributed by atoms with van der Waals surface area (Å²) in [6.07, 6.45) is 11.7. The van der Waals surface area contributed by atoms with Crippen LogP contribution in [0.25, 0.3) is 0 Å². The van der Waals surface area contributed by atoms with Crippen LogP contribution in [0.1, 0.15) is 58.3 Å². The van der Waals surface area contributed by atoms with Gasteiger partial charge < -0.3 is 5.32 Å². The van der Waals surface area contributed by atoms with E-state index in [9.17, 15) is 0 Å². The minimum atomic E-state index is 0.800. The molecule has 0 aromatic heterocycles. The Balaban J connectivity index is 1.32. The summed E-state index contributed by atoms with van der Waals surface area (Å²) >= 11 is 0. The molecule has 0 radical (unpaired) electrons. The molecule has 2 nitrogen and oxygen atoms in total. The highest BCUT2D eigenvalue weighted by Crippen LogP contribution is 2.31. The number of nitrogens with zero attached hydrogens (tertiary/aromatic N) is 1. The number of hydrogen-bond donors (Lipinski definition) is 1. The first-order valence-electron chi connectivity index (χ1n) is 8.32. The largest absolute Gasteiger partial charge is 0.312 e. The molecule has 0 amide bonds. The van der Waals surface area contributed by atoms with Gasteiger partial charge in [0.2, 0.25) is 0 Å². The van der Waals surface area contributed by atoms with Crippen molar-refractivity contribution < 1.29 is 0 Å². The predicted molar refractivity (Wildman–Crippen MR) is 76.7 cm³/mol. The fourth-order valence-electron chi connectivity index (χ4n) is 3.90. The van der Waals surface area contributed by atoms with Gasteiger partial charge in [0.25, 0.3) is 0 Å². The summed E-state index contributed by atoms with van der Waals surface area (Å²) in [5.74, 6) is 2.01. The van der Waals surface area contributed by atoms with Crippen molar-refractivity contribution in [3.8, 4) is 0 Å². The molecule has 1 unspecified atom stereocenters. The van der Waals surface area contributed by atoms with Crippen molar-refractivity contribution in [2.24, 2.45) is 11.8 Å². The lowest BCUT2D eigenvalue weighted by Crippen LogP contribution is -2.37. The summed E-state index contributed by atoms with van der Waals surface area (Å²) in [6, 6.07) is 1.77. The quantitative estimate of drug-likeness (QED) is 0.807.